The second-order valence-electron chi connectivity index (χ2n) is 8.77. The van der Waals surface area contributed by atoms with E-state index >= 15 is 0 Å². The molecule has 188 valence electrons. The Kier molecular flexibility index (Phi) is 9.98. The summed E-state index contributed by atoms with van der Waals surface area (Å²) in [5.74, 6) is 1.77. The molecule has 2 N–H and O–H groups in total. The molecule has 0 bridgehead atoms. The van der Waals surface area contributed by atoms with Gasteiger partial charge in [0.15, 0.2) is 0 Å². The number of benzene rings is 2. The van der Waals surface area contributed by atoms with E-state index in [1.165, 1.54) is 16.0 Å². The van der Waals surface area contributed by atoms with Gasteiger partial charge in [-0.15, -0.1) is 11.3 Å². The van der Waals surface area contributed by atoms with E-state index in [0.29, 0.717) is 6.54 Å². The zero-order valence-corrected chi connectivity index (χ0v) is 21.2. The van der Waals surface area contributed by atoms with Crippen molar-refractivity contribution in [3.05, 3.63) is 82.0 Å². The summed E-state index contributed by atoms with van der Waals surface area (Å²) >= 11 is 1.76. The summed E-state index contributed by atoms with van der Waals surface area (Å²) in [6.07, 6.45) is 0.519. The fraction of sp³-hybridized carbons (Fsp3) is 0.429. The number of ether oxygens (including phenoxy) is 3. The van der Waals surface area contributed by atoms with Crippen molar-refractivity contribution in [1.82, 2.24) is 10.2 Å². The van der Waals surface area contributed by atoms with Crippen LogP contribution in [0.5, 0.6) is 11.5 Å². The highest BCUT2D eigenvalue weighted by molar-refractivity contribution is 7.10. The highest BCUT2D eigenvalue weighted by Crippen LogP contribution is 2.36. The molecule has 1 aromatic heterocycles. The Bertz CT molecular complexity index is 973. The zero-order valence-electron chi connectivity index (χ0n) is 20.4. The van der Waals surface area contributed by atoms with Gasteiger partial charge in [0.2, 0.25) is 0 Å². The van der Waals surface area contributed by atoms with Crippen molar-refractivity contribution in [2.75, 3.05) is 59.7 Å². The van der Waals surface area contributed by atoms with E-state index in [-0.39, 0.29) is 12.5 Å². The molecular weight excluding hydrogens is 460 g/mol. The minimum atomic E-state index is -0.545. The van der Waals surface area contributed by atoms with Gasteiger partial charge in [0.25, 0.3) is 0 Å². The van der Waals surface area contributed by atoms with E-state index in [4.69, 9.17) is 14.2 Å². The number of nitrogens with one attached hydrogen (secondary N) is 1. The first-order chi connectivity index (χ1) is 17.2. The Labute approximate surface area is 212 Å². The summed E-state index contributed by atoms with van der Waals surface area (Å²) < 4.78 is 16.6. The average Bonchev–Trinajstić information content (AvgIpc) is 3.44. The highest BCUT2D eigenvalue weighted by atomic mass is 32.1. The van der Waals surface area contributed by atoms with Crippen molar-refractivity contribution in [1.29, 1.82) is 0 Å². The quantitative estimate of drug-likeness (QED) is 0.349. The Balaban J connectivity index is 1.24. The standard InChI is InChI=1S/C28H36N2O4S/c1-32-25-9-5-22(6-10-25)28(27-4-2-19-35-27)23-7-11-26(12-8-23)34-21-24(31)20-29-13-3-14-30-15-17-33-18-16-30/h2,4-12,19,24,28-29,31H,3,13-18,20-21H2,1H3. The van der Waals surface area contributed by atoms with Gasteiger partial charge in [0.1, 0.15) is 24.2 Å². The molecule has 1 aliphatic heterocycles. The van der Waals surface area contributed by atoms with Crippen molar-refractivity contribution < 1.29 is 19.3 Å². The van der Waals surface area contributed by atoms with Crippen LogP contribution >= 0.6 is 11.3 Å². The van der Waals surface area contributed by atoms with Crippen LogP contribution in [0.4, 0.5) is 0 Å². The summed E-state index contributed by atoms with van der Waals surface area (Å²) in [4.78, 5) is 3.71. The molecule has 0 amide bonds. The molecule has 2 atom stereocenters. The molecule has 35 heavy (non-hydrogen) atoms. The van der Waals surface area contributed by atoms with Crippen LogP contribution in [0.15, 0.2) is 66.0 Å². The number of aliphatic hydroxyl groups is 1. The number of morpholine rings is 1. The van der Waals surface area contributed by atoms with Gasteiger partial charge < -0.3 is 24.6 Å². The maximum Gasteiger partial charge on any atom is 0.119 e. The predicted octanol–water partition coefficient (Wildman–Crippen LogP) is 3.99. The van der Waals surface area contributed by atoms with Gasteiger partial charge >= 0.3 is 0 Å². The van der Waals surface area contributed by atoms with Gasteiger partial charge in [-0.25, -0.2) is 0 Å². The lowest BCUT2D eigenvalue weighted by atomic mass is 9.90. The fourth-order valence-electron chi connectivity index (χ4n) is 4.30. The first kappa shape index (κ1) is 25.7. The molecule has 0 saturated carbocycles. The number of thiophene rings is 1. The molecule has 1 fully saturated rings. The lowest BCUT2D eigenvalue weighted by Gasteiger charge is -2.26. The Morgan fingerprint density at radius 2 is 1.69 bits per heavy atom. The second kappa shape index (κ2) is 13.6. The molecule has 1 aliphatic rings. The molecule has 6 nitrogen and oxygen atoms in total. The van der Waals surface area contributed by atoms with E-state index < -0.39 is 6.10 Å². The van der Waals surface area contributed by atoms with Crippen LogP contribution in [0.2, 0.25) is 0 Å². The SMILES string of the molecule is COc1ccc(C(c2ccc(OCC(O)CNCCCN3CCOCC3)cc2)c2cccs2)cc1. The van der Waals surface area contributed by atoms with Crippen LogP contribution < -0.4 is 14.8 Å². The molecule has 7 heteroatoms. The second-order valence-corrected chi connectivity index (χ2v) is 9.75. The monoisotopic (exact) mass is 496 g/mol. The number of rotatable bonds is 13. The van der Waals surface area contributed by atoms with E-state index in [9.17, 15) is 5.11 Å². The largest absolute Gasteiger partial charge is 0.497 e. The van der Waals surface area contributed by atoms with Crippen LogP contribution in [0, 0.1) is 0 Å². The van der Waals surface area contributed by atoms with Gasteiger partial charge in [-0.3, -0.25) is 4.90 Å². The summed E-state index contributed by atoms with van der Waals surface area (Å²) in [6.45, 7) is 6.45. The van der Waals surface area contributed by atoms with Crippen molar-refractivity contribution in [2.45, 2.75) is 18.4 Å². The smallest absolute Gasteiger partial charge is 0.119 e. The molecule has 0 aliphatic carbocycles. The summed E-state index contributed by atoms with van der Waals surface area (Å²) in [7, 11) is 1.68. The number of hydrogen-bond acceptors (Lipinski definition) is 7. The Morgan fingerprint density at radius 3 is 2.31 bits per heavy atom. The third-order valence-corrected chi connectivity index (χ3v) is 7.18. The predicted molar refractivity (Wildman–Crippen MR) is 141 cm³/mol. The van der Waals surface area contributed by atoms with E-state index in [2.05, 4.69) is 52.0 Å². The van der Waals surface area contributed by atoms with Gasteiger partial charge in [-0.1, -0.05) is 30.3 Å². The first-order valence-corrected chi connectivity index (χ1v) is 13.2. The maximum absolute atomic E-state index is 10.3. The first-order valence-electron chi connectivity index (χ1n) is 12.3. The molecule has 2 aromatic carbocycles. The highest BCUT2D eigenvalue weighted by Gasteiger charge is 2.18. The van der Waals surface area contributed by atoms with Crippen LogP contribution in [-0.4, -0.2) is 75.8 Å². The summed E-state index contributed by atoms with van der Waals surface area (Å²) in [6, 6.07) is 20.7. The number of nitrogens with zero attached hydrogens (tertiary/aromatic N) is 1. The van der Waals surface area contributed by atoms with Crippen molar-refractivity contribution >= 4 is 11.3 Å². The molecular formula is C28H36N2O4S. The van der Waals surface area contributed by atoms with E-state index in [1.807, 2.05) is 24.3 Å². The molecule has 0 radical (unpaired) electrons. The van der Waals surface area contributed by atoms with Crippen molar-refractivity contribution in [3.8, 4) is 11.5 Å². The summed E-state index contributed by atoms with van der Waals surface area (Å²) in [5.41, 5.74) is 2.42. The maximum atomic E-state index is 10.3. The molecule has 2 unspecified atom stereocenters. The Hall–Kier alpha value is -2.42. The van der Waals surface area contributed by atoms with Crippen LogP contribution in [0.3, 0.4) is 0 Å². The van der Waals surface area contributed by atoms with Gasteiger partial charge in [-0.05, 0) is 66.3 Å². The van der Waals surface area contributed by atoms with Crippen LogP contribution in [0.1, 0.15) is 28.3 Å². The molecule has 3 aromatic rings. The van der Waals surface area contributed by atoms with E-state index in [1.54, 1.807) is 18.4 Å². The van der Waals surface area contributed by atoms with Crippen molar-refractivity contribution in [2.24, 2.45) is 0 Å². The average molecular weight is 497 g/mol. The third-order valence-electron chi connectivity index (χ3n) is 6.24. The molecule has 1 saturated heterocycles. The molecule has 0 spiro atoms. The minimum Gasteiger partial charge on any atom is -0.497 e. The number of hydrogen-bond donors (Lipinski definition) is 2. The molecule has 2 heterocycles. The third kappa shape index (κ3) is 7.78. The van der Waals surface area contributed by atoms with Crippen LogP contribution in [-0.2, 0) is 4.74 Å². The van der Waals surface area contributed by atoms with Gasteiger partial charge in [-0.2, -0.15) is 0 Å². The molecule has 4 rings (SSSR count). The topological polar surface area (TPSA) is 63.2 Å². The Morgan fingerprint density at radius 1 is 1.00 bits per heavy atom. The van der Waals surface area contributed by atoms with E-state index in [0.717, 1.165) is 57.3 Å². The van der Waals surface area contributed by atoms with Gasteiger partial charge in [0, 0.05) is 30.4 Å². The van der Waals surface area contributed by atoms with Crippen molar-refractivity contribution in [3.63, 3.8) is 0 Å². The van der Waals surface area contributed by atoms with Gasteiger partial charge in [0.05, 0.1) is 20.3 Å². The summed E-state index contributed by atoms with van der Waals surface area (Å²) in [5, 5.41) is 15.7. The lowest BCUT2D eigenvalue weighted by molar-refractivity contribution is 0.0373. The normalized spacial score (nSPS) is 16.1. The lowest BCUT2D eigenvalue weighted by Crippen LogP contribution is -2.38. The minimum absolute atomic E-state index is 0.155. The fourth-order valence-corrected chi connectivity index (χ4v) is 5.18. The van der Waals surface area contributed by atoms with Crippen LogP contribution in [0.25, 0.3) is 0 Å². The number of aliphatic hydroxyl groups excluding tert-OH is 1. The zero-order chi connectivity index (χ0) is 24.3. The number of methoxy groups -OCH3 is 1.